The van der Waals surface area contributed by atoms with Crippen molar-refractivity contribution in [2.24, 2.45) is 0 Å². The van der Waals surface area contributed by atoms with Crippen LogP contribution >= 0.6 is 0 Å². The second-order valence-electron chi connectivity index (χ2n) is 3.52. The van der Waals surface area contributed by atoms with E-state index in [0.29, 0.717) is 6.29 Å². The van der Waals surface area contributed by atoms with Crippen LogP contribution in [0.4, 0.5) is 0 Å². The van der Waals surface area contributed by atoms with Crippen molar-refractivity contribution in [2.45, 2.75) is 6.92 Å². The summed E-state index contributed by atoms with van der Waals surface area (Å²) in [7, 11) is 0. The number of para-hydroxylation sites is 1. The van der Waals surface area contributed by atoms with Gasteiger partial charge in [0.15, 0.2) is 6.29 Å². The van der Waals surface area contributed by atoms with E-state index in [4.69, 9.17) is 0 Å². The van der Waals surface area contributed by atoms with Gasteiger partial charge in [-0.05, 0) is 31.2 Å². The lowest BCUT2D eigenvalue weighted by Gasteiger charge is -2.09. The van der Waals surface area contributed by atoms with Crippen LogP contribution in [0.3, 0.4) is 0 Å². The highest BCUT2D eigenvalue weighted by molar-refractivity contribution is 5.74. The Morgan fingerprint density at radius 3 is 2.38 bits per heavy atom. The molecular weight excluding hydrogens is 202 g/mol. The predicted octanol–water partition coefficient (Wildman–Crippen LogP) is 1.96. The first-order valence-corrected chi connectivity index (χ1v) is 4.97. The minimum absolute atomic E-state index is 0.175. The standard InChI is InChI=1S/C13H11NO2/c1-10-7-8-11(9-15)13(16)14(10)12-5-3-2-4-6-12/h2-9H,1H3. The van der Waals surface area contributed by atoms with Gasteiger partial charge in [-0.3, -0.25) is 14.2 Å². The van der Waals surface area contributed by atoms with Crippen LogP contribution in [0.1, 0.15) is 16.1 Å². The van der Waals surface area contributed by atoms with E-state index in [1.54, 1.807) is 12.1 Å². The van der Waals surface area contributed by atoms with Gasteiger partial charge in [-0.1, -0.05) is 18.2 Å². The fourth-order valence-electron chi connectivity index (χ4n) is 1.63. The van der Waals surface area contributed by atoms with Gasteiger partial charge in [0.1, 0.15) is 0 Å². The van der Waals surface area contributed by atoms with E-state index < -0.39 is 0 Å². The van der Waals surface area contributed by atoms with Crippen molar-refractivity contribution in [3.63, 3.8) is 0 Å². The van der Waals surface area contributed by atoms with E-state index in [1.165, 1.54) is 4.57 Å². The third-order valence-corrected chi connectivity index (χ3v) is 2.45. The Hall–Kier alpha value is -2.16. The molecule has 1 heterocycles. The average molecular weight is 213 g/mol. The Kier molecular flexibility index (Phi) is 2.68. The maximum Gasteiger partial charge on any atom is 0.265 e. The zero-order valence-corrected chi connectivity index (χ0v) is 8.88. The van der Waals surface area contributed by atoms with Gasteiger partial charge in [0.2, 0.25) is 0 Å². The summed E-state index contributed by atoms with van der Waals surface area (Å²) in [6, 6.07) is 12.6. The van der Waals surface area contributed by atoms with Crippen LogP contribution < -0.4 is 5.56 Å². The van der Waals surface area contributed by atoms with Crippen LogP contribution in [0.25, 0.3) is 5.69 Å². The molecule has 1 aromatic carbocycles. The first-order chi connectivity index (χ1) is 7.74. The molecule has 0 atom stereocenters. The van der Waals surface area contributed by atoms with Gasteiger partial charge in [-0.25, -0.2) is 0 Å². The second-order valence-corrected chi connectivity index (χ2v) is 3.52. The van der Waals surface area contributed by atoms with Gasteiger partial charge >= 0.3 is 0 Å². The molecule has 0 aliphatic heterocycles. The third-order valence-electron chi connectivity index (χ3n) is 2.45. The Balaban J connectivity index is 2.74. The Morgan fingerprint density at radius 2 is 1.75 bits per heavy atom. The molecule has 80 valence electrons. The van der Waals surface area contributed by atoms with Crippen molar-refractivity contribution in [1.29, 1.82) is 0 Å². The predicted molar refractivity (Wildman–Crippen MR) is 62.2 cm³/mol. The fourth-order valence-corrected chi connectivity index (χ4v) is 1.63. The highest BCUT2D eigenvalue weighted by Crippen LogP contribution is 2.07. The lowest BCUT2D eigenvalue weighted by molar-refractivity contribution is 0.112. The minimum atomic E-state index is -0.277. The summed E-state index contributed by atoms with van der Waals surface area (Å²) < 4.78 is 1.53. The summed E-state index contributed by atoms with van der Waals surface area (Å²) >= 11 is 0. The molecule has 0 saturated carbocycles. The fraction of sp³-hybridized carbons (Fsp3) is 0.0769. The zero-order valence-electron chi connectivity index (χ0n) is 8.88. The number of aromatic nitrogens is 1. The summed E-state index contributed by atoms with van der Waals surface area (Å²) in [4.78, 5) is 22.7. The smallest absolute Gasteiger partial charge is 0.265 e. The normalized spacial score (nSPS) is 10.1. The summed E-state index contributed by atoms with van der Waals surface area (Å²) in [6.07, 6.45) is 0.585. The number of aldehydes is 1. The summed E-state index contributed by atoms with van der Waals surface area (Å²) in [5.74, 6) is 0. The molecule has 0 N–H and O–H groups in total. The largest absolute Gasteiger partial charge is 0.298 e. The quantitative estimate of drug-likeness (QED) is 0.715. The summed E-state index contributed by atoms with van der Waals surface area (Å²) in [5.41, 5.74) is 1.48. The topological polar surface area (TPSA) is 39.1 Å². The van der Waals surface area contributed by atoms with Gasteiger partial charge in [0, 0.05) is 11.4 Å². The van der Waals surface area contributed by atoms with E-state index in [0.717, 1.165) is 11.4 Å². The van der Waals surface area contributed by atoms with Crippen LogP contribution in [0.15, 0.2) is 47.3 Å². The zero-order chi connectivity index (χ0) is 11.5. The molecular formula is C13H11NO2. The van der Waals surface area contributed by atoms with E-state index in [9.17, 15) is 9.59 Å². The number of hydrogen-bond acceptors (Lipinski definition) is 2. The molecule has 2 aromatic rings. The Labute approximate surface area is 93.0 Å². The molecule has 2 rings (SSSR count). The van der Waals surface area contributed by atoms with Crippen molar-refractivity contribution in [1.82, 2.24) is 4.57 Å². The molecule has 0 bridgehead atoms. The van der Waals surface area contributed by atoms with E-state index >= 15 is 0 Å². The first-order valence-electron chi connectivity index (χ1n) is 4.97. The van der Waals surface area contributed by atoms with E-state index in [-0.39, 0.29) is 11.1 Å². The molecule has 1 aromatic heterocycles. The Bertz CT molecular complexity index is 570. The minimum Gasteiger partial charge on any atom is -0.298 e. The second kappa shape index (κ2) is 4.14. The molecule has 3 nitrogen and oxygen atoms in total. The number of rotatable bonds is 2. The highest BCUT2D eigenvalue weighted by atomic mass is 16.1. The number of aryl methyl sites for hydroxylation is 1. The number of hydrogen-bond donors (Lipinski definition) is 0. The van der Waals surface area contributed by atoms with Crippen molar-refractivity contribution in [3.8, 4) is 5.69 Å². The SMILES string of the molecule is Cc1ccc(C=O)c(=O)n1-c1ccccc1. The number of carbonyl (C=O) groups is 1. The van der Waals surface area contributed by atoms with Crippen molar-refractivity contribution in [3.05, 3.63) is 64.1 Å². The number of benzene rings is 1. The maximum absolute atomic E-state index is 12.0. The lowest BCUT2D eigenvalue weighted by atomic mass is 10.2. The lowest BCUT2D eigenvalue weighted by Crippen LogP contribution is -2.23. The Morgan fingerprint density at radius 1 is 1.06 bits per heavy atom. The van der Waals surface area contributed by atoms with Crippen LogP contribution in [0.5, 0.6) is 0 Å². The van der Waals surface area contributed by atoms with E-state index in [2.05, 4.69) is 0 Å². The van der Waals surface area contributed by atoms with Crippen LogP contribution in [0, 0.1) is 6.92 Å². The summed E-state index contributed by atoms with van der Waals surface area (Å²) in [6.45, 7) is 1.84. The van der Waals surface area contributed by atoms with Crippen LogP contribution in [-0.2, 0) is 0 Å². The van der Waals surface area contributed by atoms with Gasteiger partial charge in [0.05, 0.1) is 5.56 Å². The van der Waals surface area contributed by atoms with Crippen molar-refractivity contribution < 1.29 is 4.79 Å². The van der Waals surface area contributed by atoms with Gasteiger partial charge in [0.25, 0.3) is 5.56 Å². The van der Waals surface area contributed by atoms with Crippen LogP contribution in [-0.4, -0.2) is 10.9 Å². The van der Waals surface area contributed by atoms with Gasteiger partial charge < -0.3 is 0 Å². The number of carbonyl (C=O) groups excluding carboxylic acids is 1. The van der Waals surface area contributed by atoms with Crippen LogP contribution in [0.2, 0.25) is 0 Å². The molecule has 0 saturated heterocycles. The number of pyridine rings is 1. The summed E-state index contributed by atoms with van der Waals surface area (Å²) in [5, 5.41) is 0. The molecule has 0 radical (unpaired) electrons. The molecule has 0 fully saturated rings. The highest BCUT2D eigenvalue weighted by Gasteiger charge is 2.06. The monoisotopic (exact) mass is 213 g/mol. The average Bonchev–Trinajstić information content (AvgIpc) is 2.31. The first kappa shape index (κ1) is 10.4. The molecule has 3 heteroatoms. The molecule has 0 amide bonds. The third kappa shape index (κ3) is 1.67. The van der Waals surface area contributed by atoms with E-state index in [1.807, 2.05) is 37.3 Å². The number of nitrogens with zero attached hydrogens (tertiary/aromatic N) is 1. The molecule has 0 aliphatic carbocycles. The molecule has 0 spiro atoms. The van der Waals surface area contributed by atoms with Crippen molar-refractivity contribution in [2.75, 3.05) is 0 Å². The van der Waals surface area contributed by atoms with Crippen molar-refractivity contribution >= 4 is 6.29 Å². The molecule has 0 unspecified atom stereocenters. The molecule has 0 aliphatic rings. The maximum atomic E-state index is 12.0. The van der Waals surface area contributed by atoms with Gasteiger partial charge in [-0.15, -0.1) is 0 Å². The molecule has 16 heavy (non-hydrogen) atoms. The van der Waals surface area contributed by atoms with Gasteiger partial charge in [-0.2, -0.15) is 0 Å².